The average molecular weight is 304 g/mol. The zero-order chi connectivity index (χ0) is 8.59. The summed E-state index contributed by atoms with van der Waals surface area (Å²) in [5.41, 5.74) is 0. The van der Waals surface area contributed by atoms with Crippen molar-refractivity contribution in [3.8, 4) is 0 Å². The molecule has 0 fully saturated rings. The molecule has 60 valence electrons. The van der Waals surface area contributed by atoms with Crippen molar-refractivity contribution in [1.29, 1.82) is 0 Å². The fourth-order valence-electron chi connectivity index (χ4n) is 0.557. The number of rotatable bonds is 0. The molecule has 0 amide bonds. The number of halogens is 4. The fourth-order valence-corrected chi connectivity index (χ4v) is 1.57. The van der Waals surface area contributed by atoms with Crippen LogP contribution in [0.3, 0.4) is 0 Å². The standard InChI is InChI=1S/C6H2Br2F2S/c7-2-1-3(9)4(8)5(10)6(2)11/h1,11H. The summed E-state index contributed by atoms with van der Waals surface area (Å²) in [4.78, 5) is 0.0956. The van der Waals surface area contributed by atoms with Gasteiger partial charge in [0, 0.05) is 4.47 Å². The average Bonchev–Trinajstić information content (AvgIpc) is 1.97. The van der Waals surface area contributed by atoms with Crippen LogP contribution in [0.1, 0.15) is 0 Å². The van der Waals surface area contributed by atoms with Crippen molar-refractivity contribution < 1.29 is 8.78 Å². The second-order valence-electron chi connectivity index (χ2n) is 1.82. The van der Waals surface area contributed by atoms with E-state index in [1.165, 1.54) is 0 Å². The van der Waals surface area contributed by atoms with Crippen molar-refractivity contribution in [2.45, 2.75) is 4.90 Å². The summed E-state index contributed by atoms with van der Waals surface area (Å²) in [5.74, 6) is -1.34. The van der Waals surface area contributed by atoms with Gasteiger partial charge in [0.25, 0.3) is 0 Å². The van der Waals surface area contributed by atoms with Crippen LogP contribution in [0.2, 0.25) is 0 Å². The third-order valence-electron chi connectivity index (χ3n) is 1.09. The Morgan fingerprint density at radius 3 is 2.36 bits per heavy atom. The predicted octanol–water partition coefficient (Wildman–Crippen LogP) is 3.78. The molecule has 1 aromatic rings. The molecule has 0 unspecified atom stereocenters. The van der Waals surface area contributed by atoms with Gasteiger partial charge in [-0.3, -0.25) is 0 Å². The molecule has 0 saturated carbocycles. The van der Waals surface area contributed by atoms with E-state index in [4.69, 9.17) is 0 Å². The van der Waals surface area contributed by atoms with Crippen LogP contribution >= 0.6 is 44.5 Å². The van der Waals surface area contributed by atoms with Crippen LogP contribution in [0, 0.1) is 11.6 Å². The smallest absolute Gasteiger partial charge is 0.154 e. The van der Waals surface area contributed by atoms with E-state index in [9.17, 15) is 8.78 Å². The molecule has 0 aliphatic heterocycles. The summed E-state index contributed by atoms with van der Waals surface area (Å²) in [6.07, 6.45) is 0. The number of hydrogen-bond acceptors (Lipinski definition) is 1. The monoisotopic (exact) mass is 302 g/mol. The summed E-state index contributed by atoms with van der Waals surface area (Å²) in [5, 5.41) is 0. The number of benzene rings is 1. The van der Waals surface area contributed by atoms with Crippen molar-refractivity contribution in [2.24, 2.45) is 0 Å². The van der Waals surface area contributed by atoms with Crippen LogP contribution in [-0.4, -0.2) is 0 Å². The Kier molecular flexibility index (Phi) is 2.94. The predicted molar refractivity (Wildman–Crippen MR) is 49.0 cm³/mol. The maximum absolute atomic E-state index is 12.9. The molecule has 0 atom stereocenters. The lowest BCUT2D eigenvalue weighted by Crippen LogP contribution is -1.87. The molecule has 0 nitrogen and oxygen atoms in total. The van der Waals surface area contributed by atoms with E-state index in [0.717, 1.165) is 6.07 Å². The van der Waals surface area contributed by atoms with Gasteiger partial charge in [0.05, 0.1) is 9.37 Å². The van der Waals surface area contributed by atoms with Crippen LogP contribution in [0.4, 0.5) is 8.78 Å². The summed E-state index contributed by atoms with van der Waals surface area (Å²) in [6.45, 7) is 0. The van der Waals surface area contributed by atoms with Crippen LogP contribution in [-0.2, 0) is 0 Å². The topological polar surface area (TPSA) is 0 Å². The summed E-state index contributed by atoms with van der Waals surface area (Å²) >= 11 is 9.51. The fraction of sp³-hybridized carbons (Fsp3) is 0. The quantitative estimate of drug-likeness (QED) is 0.421. The minimum absolute atomic E-state index is 0.0956. The molecule has 11 heavy (non-hydrogen) atoms. The lowest BCUT2D eigenvalue weighted by Gasteiger charge is -2.01. The van der Waals surface area contributed by atoms with Gasteiger partial charge in [0.1, 0.15) is 5.82 Å². The summed E-state index contributed by atoms with van der Waals surface area (Å²) in [7, 11) is 0. The van der Waals surface area contributed by atoms with E-state index in [0.29, 0.717) is 4.47 Å². The molecule has 1 aromatic carbocycles. The van der Waals surface area contributed by atoms with Gasteiger partial charge in [-0.1, -0.05) is 0 Å². The zero-order valence-electron chi connectivity index (χ0n) is 5.04. The van der Waals surface area contributed by atoms with Gasteiger partial charge in [-0.25, -0.2) is 8.78 Å². The van der Waals surface area contributed by atoms with E-state index in [-0.39, 0.29) is 9.37 Å². The van der Waals surface area contributed by atoms with E-state index in [2.05, 4.69) is 44.5 Å². The zero-order valence-corrected chi connectivity index (χ0v) is 9.10. The molecule has 0 spiro atoms. The Morgan fingerprint density at radius 1 is 1.27 bits per heavy atom. The second kappa shape index (κ2) is 3.41. The molecule has 0 saturated heterocycles. The first kappa shape index (κ1) is 9.48. The Morgan fingerprint density at radius 2 is 1.82 bits per heavy atom. The number of thiol groups is 1. The van der Waals surface area contributed by atoms with Gasteiger partial charge in [0.15, 0.2) is 5.82 Å². The lowest BCUT2D eigenvalue weighted by molar-refractivity contribution is 0.552. The van der Waals surface area contributed by atoms with E-state index in [1.54, 1.807) is 0 Å². The summed E-state index contributed by atoms with van der Waals surface area (Å²) in [6, 6.07) is 1.15. The SMILES string of the molecule is Fc1cc(Br)c(S)c(F)c1Br. The molecule has 0 aromatic heterocycles. The Balaban J connectivity index is 3.46. The van der Waals surface area contributed by atoms with Gasteiger partial charge in [-0.15, -0.1) is 12.6 Å². The Bertz CT molecular complexity index is 275. The van der Waals surface area contributed by atoms with Crippen LogP contribution in [0.15, 0.2) is 19.9 Å². The van der Waals surface area contributed by atoms with Crippen LogP contribution in [0.5, 0.6) is 0 Å². The lowest BCUT2D eigenvalue weighted by atomic mass is 10.3. The molecule has 5 heteroatoms. The highest BCUT2D eigenvalue weighted by atomic mass is 79.9. The normalized spacial score (nSPS) is 10.3. The molecule has 0 aliphatic carbocycles. The molecule has 0 radical (unpaired) electrons. The van der Waals surface area contributed by atoms with Crippen molar-refractivity contribution in [1.82, 2.24) is 0 Å². The van der Waals surface area contributed by atoms with Gasteiger partial charge < -0.3 is 0 Å². The minimum atomic E-state index is -0.694. The molecule has 1 rings (SSSR count). The maximum Gasteiger partial charge on any atom is 0.154 e. The minimum Gasteiger partial charge on any atom is -0.206 e. The Hall–Kier alpha value is 0.390. The first-order chi connectivity index (χ1) is 5.04. The second-order valence-corrected chi connectivity index (χ2v) is 3.91. The first-order valence-electron chi connectivity index (χ1n) is 2.56. The van der Waals surface area contributed by atoms with E-state index >= 15 is 0 Å². The van der Waals surface area contributed by atoms with Gasteiger partial charge >= 0.3 is 0 Å². The van der Waals surface area contributed by atoms with Crippen LogP contribution < -0.4 is 0 Å². The van der Waals surface area contributed by atoms with Crippen LogP contribution in [0.25, 0.3) is 0 Å². The van der Waals surface area contributed by atoms with Crippen molar-refractivity contribution in [3.63, 3.8) is 0 Å². The van der Waals surface area contributed by atoms with E-state index in [1.807, 2.05) is 0 Å². The molecule has 0 heterocycles. The first-order valence-corrected chi connectivity index (χ1v) is 4.59. The summed E-state index contributed by atoms with van der Waals surface area (Å²) < 4.78 is 25.6. The van der Waals surface area contributed by atoms with Crippen molar-refractivity contribution >= 4 is 44.5 Å². The van der Waals surface area contributed by atoms with Crippen molar-refractivity contribution in [3.05, 3.63) is 26.6 Å². The van der Waals surface area contributed by atoms with Gasteiger partial charge in [0.2, 0.25) is 0 Å². The third-order valence-corrected chi connectivity index (χ3v) is 3.19. The highest BCUT2D eigenvalue weighted by Gasteiger charge is 2.12. The van der Waals surface area contributed by atoms with Gasteiger partial charge in [-0.2, -0.15) is 0 Å². The Labute approximate surface area is 84.7 Å². The third kappa shape index (κ3) is 1.76. The van der Waals surface area contributed by atoms with E-state index < -0.39 is 11.6 Å². The highest BCUT2D eigenvalue weighted by molar-refractivity contribution is 9.11. The largest absolute Gasteiger partial charge is 0.206 e. The molecular formula is C6H2Br2F2S. The molecule has 0 aliphatic rings. The number of hydrogen-bond donors (Lipinski definition) is 1. The van der Waals surface area contributed by atoms with Gasteiger partial charge in [-0.05, 0) is 37.9 Å². The van der Waals surface area contributed by atoms with Crippen molar-refractivity contribution in [2.75, 3.05) is 0 Å². The molecular weight excluding hydrogens is 302 g/mol. The molecule has 0 N–H and O–H groups in total. The maximum atomic E-state index is 12.9. The molecule has 0 bridgehead atoms. The highest BCUT2D eigenvalue weighted by Crippen LogP contribution is 2.31.